The fourth-order valence-electron chi connectivity index (χ4n) is 3.97. The van der Waals surface area contributed by atoms with Crippen molar-refractivity contribution >= 4 is 23.6 Å². The molecule has 2 aromatic rings. The summed E-state index contributed by atoms with van der Waals surface area (Å²) in [6.45, 7) is 0.811. The van der Waals surface area contributed by atoms with Crippen LogP contribution in [0.2, 0.25) is 0 Å². The number of hydrogen-bond acceptors (Lipinski definition) is 7. The summed E-state index contributed by atoms with van der Waals surface area (Å²) in [4.78, 5) is 32.6. The van der Waals surface area contributed by atoms with Crippen LogP contribution in [0, 0.1) is 0 Å². The third-order valence-corrected chi connectivity index (χ3v) is 5.92. The molecule has 210 valence electrons. The number of ether oxygens (including phenoxy) is 1. The van der Waals surface area contributed by atoms with Gasteiger partial charge in [-0.15, -0.1) is 0 Å². The number of aliphatic carboxylic acids is 1. The third-order valence-electron chi connectivity index (χ3n) is 5.92. The Labute approximate surface area is 219 Å². The molecule has 14 heteroatoms. The lowest BCUT2D eigenvalue weighted by Gasteiger charge is -2.28. The number of nitrogens with zero attached hydrogens (tertiary/aromatic N) is 4. The van der Waals surface area contributed by atoms with Crippen LogP contribution in [0.4, 0.5) is 38.0 Å². The van der Waals surface area contributed by atoms with Gasteiger partial charge in [0.2, 0.25) is 0 Å². The second kappa shape index (κ2) is 12.2. The molecule has 39 heavy (non-hydrogen) atoms. The van der Waals surface area contributed by atoms with E-state index in [9.17, 15) is 35.9 Å². The van der Waals surface area contributed by atoms with Gasteiger partial charge in [0, 0.05) is 49.7 Å². The van der Waals surface area contributed by atoms with E-state index < -0.39 is 35.4 Å². The van der Waals surface area contributed by atoms with Gasteiger partial charge in [-0.25, -0.2) is 19.6 Å². The van der Waals surface area contributed by atoms with Crippen molar-refractivity contribution in [3.63, 3.8) is 0 Å². The molecule has 0 unspecified atom stereocenters. The molecule has 2 aliphatic rings. The lowest BCUT2D eigenvalue weighted by atomic mass is 10.1. The van der Waals surface area contributed by atoms with Gasteiger partial charge in [0.05, 0.1) is 18.2 Å². The minimum Gasteiger partial charge on any atom is -0.478 e. The van der Waals surface area contributed by atoms with Crippen molar-refractivity contribution in [2.75, 3.05) is 43.1 Å². The standard InChI is InChI=1S/C13H13F3N2O2.C12H11F3N2O2/c1-20-12(19)9-4-7-18(8-5-9)11-10(13(14,15)16)3-2-6-17-11;13-12(14,15)9-2-1-5-16-10(9)17-6-3-8(4-7-17)11(18)19/h2-4,6H,5,7-8H2,1H3;1-3,5H,4,6-7H2,(H,18,19). The maximum Gasteiger partial charge on any atom is 0.419 e. The van der Waals surface area contributed by atoms with Crippen molar-refractivity contribution in [2.24, 2.45) is 0 Å². The molecule has 0 fully saturated rings. The number of halogens is 6. The zero-order chi connectivity index (χ0) is 28.8. The van der Waals surface area contributed by atoms with Gasteiger partial charge >= 0.3 is 24.3 Å². The number of hydrogen-bond donors (Lipinski definition) is 1. The van der Waals surface area contributed by atoms with Crippen LogP contribution in [-0.4, -0.2) is 60.3 Å². The lowest BCUT2D eigenvalue weighted by molar-refractivity contribution is -0.138. The fourth-order valence-corrected chi connectivity index (χ4v) is 3.97. The lowest BCUT2D eigenvalue weighted by Crippen LogP contribution is -2.32. The second-order valence-electron chi connectivity index (χ2n) is 8.39. The molecule has 0 bridgehead atoms. The zero-order valence-corrected chi connectivity index (χ0v) is 20.6. The smallest absolute Gasteiger partial charge is 0.419 e. The first-order valence-electron chi connectivity index (χ1n) is 11.6. The molecule has 0 radical (unpaired) electrons. The minimum absolute atomic E-state index is 0.111. The highest BCUT2D eigenvalue weighted by Crippen LogP contribution is 2.37. The van der Waals surface area contributed by atoms with E-state index in [1.54, 1.807) is 6.08 Å². The summed E-state index contributed by atoms with van der Waals surface area (Å²) in [7, 11) is 1.27. The molecule has 0 aromatic carbocycles. The quantitative estimate of drug-likeness (QED) is 0.425. The van der Waals surface area contributed by atoms with E-state index in [0.29, 0.717) is 18.5 Å². The number of anilines is 2. The average Bonchev–Trinajstić information content (AvgIpc) is 2.92. The number of aromatic nitrogens is 2. The van der Waals surface area contributed by atoms with Crippen LogP contribution in [0.3, 0.4) is 0 Å². The SMILES string of the molecule is COC(=O)C1=CCN(c2ncccc2C(F)(F)F)CC1.O=C(O)C1=CCN(c2ncccc2C(F)(F)F)CC1. The Morgan fingerprint density at radius 2 is 1.26 bits per heavy atom. The van der Waals surface area contributed by atoms with E-state index in [1.807, 2.05) is 0 Å². The number of pyridine rings is 2. The molecule has 1 N–H and O–H groups in total. The fraction of sp³-hybridized carbons (Fsp3) is 0.360. The molecule has 2 aromatic heterocycles. The monoisotopic (exact) mass is 558 g/mol. The Hall–Kier alpha value is -4.10. The highest BCUT2D eigenvalue weighted by Gasteiger charge is 2.37. The molecule has 0 saturated heterocycles. The summed E-state index contributed by atoms with van der Waals surface area (Å²) in [5.41, 5.74) is -0.869. The largest absolute Gasteiger partial charge is 0.478 e. The maximum atomic E-state index is 12.9. The third kappa shape index (κ3) is 7.48. The zero-order valence-electron chi connectivity index (χ0n) is 20.6. The first-order valence-corrected chi connectivity index (χ1v) is 11.6. The first-order chi connectivity index (χ1) is 18.3. The van der Waals surface area contributed by atoms with Crippen LogP contribution in [0.25, 0.3) is 0 Å². The van der Waals surface area contributed by atoms with Crippen molar-refractivity contribution in [1.82, 2.24) is 9.97 Å². The first kappa shape index (κ1) is 29.5. The Kier molecular flexibility index (Phi) is 9.20. The summed E-state index contributed by atoms with van der Waals surface area (Å²) >= 11 is 0. The van der Waals surface area contributed by atoms with Crippen LogP contribution in [0.15, 0.2) is 60.0 Å². The van der Waals surface area contributed by atoms with Gasteiger partial charge < -0.3 is 19.6 Å². The molecule has 0 aliphatic carbocycles. The van der Waals surface area contributed by atoms with E-state index in [2.05, 4.69) is 14.7 Å². The van der Waals surface area contributed by atoms with Gasteiger partial charge in [-0.05, 0) is 37.1 Å². The van der Waals surface area contributed by atoms with Crippen LogP contribution in [-0.2, 0) is 26.7 Å². The normalized spacial score (nSPS) is 16.0. The van der Waals surface area contributed by atoms with Crippen molar-refractivity contribution in [2.45, 2.75) is 25.2 Å². The Bertz CT molecular complexity index is 1260. The van der Waals surface area contributed by atoms with Crippen molar-refractivity contribution in [3.8, 4) is 0 Å². The Balaban J connectivity index is 0.000000216. The Morgan fingerprint density at radius 3 is 1.59 bits per heavy atom. The molecule has 4 heterocycles. The molecule has 0 spiro atoms. The predicted molar refractivity (Wildman–Crippen MR) is 128 cm³/mol. The molecule has 4 rings (SSSR count). The van der Waals surface area contributed by atoms with Crippen LogP contribution >= 0.6 is 0 Å². The molecule has 0 atom stereocenters. The van der Waals surface area contributed by atoms with E-state index in [4.69, 9.17) is 5.11 Å². The van der Waals surface area contributed by atoms with E-state index in [0.717, 1.165) is 12.1 Å². The molecule has 8 nitrogen and oxygen atoms in total. The summed E-state index contributed by atoms with van der Waals surface area (Å²) in [5.74, 6) is -1.74. The van der Waals surface area contributed by atoms with Crippen molar-refractivity contribution < 1.29 is 45.8 Å². The number of carboxylic acid groups (broad SMARTS) is 1. The molecular formula is C25H24F6N4O4. The maximum absolute atomic E-state index is 12.9. The molecular weight excluding hydrogens is 534 g/mol. The topological polar surface area (TPSA) is 95.9 Å². The minimum atomic E-state index is -4.47. The van der Waals surface area contributed by atoms with Gasteiger partial charge in [-0.1, -0.05) is 12.2 Å². The summed E-state index contributed by atoms with van der Waals surface area (Å²) in [6, 6.07) is 4.46. The summed E-state index contributed by atoms with van der Waals surface area (Å²) in [6.07, 6.45) is -2.78. The number of esters is 1. The van der Waals surface area contributed by atoms with Gasteiger partial charge in [0.1, 0.15) is 11.6 Å². The van der Waals surface area contributed by atoms with Crippen LogP contribution < -0.4 is 9.80 Å². The molecule has 0 saturated carbocycles. The second-order valence-corrected chi connectivity index (χ2v) is 8.39. The van der Waals surface area contributed by atoms with Gasteiger partial charge in [0.15, 0.2) is 0 Å². The van der Waals surface area contributed by atoms with Crippen LogP contribution in [0.5, 0.6) is 0 Å². The number of alkyl halides is 6. The highest BCUT2D eigenvalue weighted by molar-refractivity contribution is 5.89. The highest BCUT2D eigenvalue weighted by atomic mass is 19.4. The van der Waals surface area contributed by atoms with Gasteiger partial charge in [-0.2, -0.15) is 26.3 Å². The predicted octanol–water partition coefficient (Wildman–Crippen LogP) is 4.73. The van der Waals surface area contributed by atoms with Gasteiger partial charge in [0.25, 0.3) is 0 Å². The van der Waals surface area contributed by atoms with E-state index in [-0.39, 0.29) is 43.3 Å². The van der Waals surface area contributed by atoms with Crippen LogP contribution in [0.1, 0.15) is 24.0 Å². The van der Waals surface area contributed by atoms with Crippen molar-refractivity contribution in [1.29, 1.82) is 0 Å². The number of rotatable bonds is 4. The number of carbonyl (C=O) groups excluding carboxylic acids is 1. The number of carbonyl (C=O) groups is 2. The molecule has 2 aliphatic heterocycles. The summed E-state index contributed by atoms with van der Waals surface area (Å²) in [5, 5.41) is 8.80. The number of carboxylic acids is 1. The summed E-state index contributed by atoms with van der Waals surface area (Å²) < 4.78 is 81.8. The van der Waals surface area contributed by atoms with E-state index in [1.165, 1.54) is 47.5 Å². The average molecular weight is 558 g/mol. The Morgan fingerprint density at radius 1 is 0.821 bits per heavy atom. The van der Waals surface area contributed by atoms with Crippen molar-refractivity contribution in [3.05, 3.63) is 71.1 Å². The molecule has 0 amide bonds. The number of methoxy groups -OCH3 is 1. The van der Waals surface area contributed by atoms with E-state index >= 15 is 0 Å². The van der Waals surface area contributed by atoms with Gasteiger partial charge in [-0.3, -0.25) is 0 Å².